The summed E-state index contributed by atoms with van der Waals surface area (Å²) in [5, 5.41) is 11.5. The Morgan fingerprint density at radius 2 is 2.13 bits per heavy atom. The van der Waals surface area contributed by atoms with Gasteiger partial charge >= 0.3 is 0 Å². The molecule has 3 heterocycles. The molecule has 4 rings (SSSR count). The number of benzene rings is 1. The molecule has 1 aromatic carbocycles. The van der Waals surface area contributed by atoms with Crippen molar-refractivity contribution in [2.75, 3.05) is 6.54 Å². The SMILES string of the molecule is C[C@@H](c1ccc(Br)cc1)N1C[C@@]23C=C[C@H](O2)[C@H](C(=O)[O-])[C@H]3C1=O. The van der Waals surface area contributed by atoms with Gasteiger partial charge in [-0.25, -0.2) is 0 Å². The van der Waals surface area contributed by atoms with Crippen molar-refractivity contribution in [2.24, 2.45) is 11.8 Å². The van der Waals surface area contributed by atoms with Gasteiger partial charge in [-0.15, -0.1) is 0 Å². The van der Waals surface area contributed by atoms with Crippen LogP contribution in [0.15, 0.2) is 40.9 Å². The van der Waals surface area contributed by atoms with Crippen LogP contribution in [0.4, 0.5) is 0 Å². The van der Waals surface area contributed by atoms with Gasteiger partial charge in [0.1, 0.15) is 5.60 Å². The lowest BCUT2D eigenvalue weighted by Crippen LogP contribution is -2.45. The van der Waals surface area contributed by atoms with Crippen molar-refractivity contribution in [2.45, 2.75) is 24.7 Å². The number of ether oxygens (including phenoxy) is 1. The van der Waals surface area contributed by atoms with E-state index >= 15 is 0 Å². The molecule has 2 bridgehead atoms. The monoisotopic (exact) mass is 376 g/mol. The number of hydrogen-bond acceptors (Lipinski definition) is 4. The predicted octanol–water partition coefficient (Wildman–Crippen LogP) is 1.04. The number of rotatable bonds is 3. The first-order valence-electron chi connectivity index (χ1n) is 7.57. The van der Waals surface area contributed by atoms with Gasteiger partial charge in [0.2, 0.25) is 5.91 Å². The molecule has 5 nitrogen and oxygen atoms in total. The fourth-order valence-electron chi connectivity index (χ4n) is 4.05. The van der Waals surface area contributed by atoms with Gasteiger partial charge in [0.15, 0.2) is 0 Å². The molecule has 1 spiro atoms. The van der Waals surface area contributed by atoms with Gasteiger partial charge in [0.05, 0.1) is 24.6 Å². The molecule has 23 heavy (non-hydrogen) atoms. The Morgan fingerprint density at radius 1 is 1.43 bits per heavy atom. The number of fused-ring (bicyclic) bond motifs is 1. The third-order valence-corrected chi connectivity index (χ3v) is 5.75. The van der Waals surface area contributed by atoms with Crippen LogP contribution in [-0.2, 0) is 14.3 Å². The molecule has 3 aliphatic heterocycles. The standard InChI is InChI=1S/C17H16BrNO4/c1-9(10-2-4-11(18)5-3-10)19-8-17-7-6-12(23-17)13(16(21)22)14(17)15(19)20/h2-7,9,12-14H,8H2,1H3,(H,21,22)/p-1/t9-,12-,13-,14-,17+/m0/s1. The number of carbonyl (C=O) groups is 2. The Kier molecular flexibility index (Phi) is 3.19. The number of aliphatic carboxylic acids is 1. The summed E-state index contributed by atoms with van der Waals surface area (Å²) >= 11 is 3.40. The summed E-state index contributed by atoms with van der Waals surface area (Å²) in [6, 6.07) is 7.62. The molecule has 5 atom stereocenters. The first kappa shape index (κ1) is 14.9. The minimum absolute atomic E-state index is 0.144. The van der Waals surface area contributed by atoms with Crippen LogP contribution in [0.25, 0.3) is 0 Å². The van der Waals surface area contributed by atoms with Crippen LogP contribution in [0.3, 0.4) is 0 Å². The number of amides is 1. The summed E-state index contributed by atoms with van der Waals surface area (Å²) in [5.41, 5.74) is 0.192. The van der Waals surface area contributed by atoms with Gasteiger partial charge in [-0.1, -0.05) is 40.2 Å². The lowest BCUT2D eigenvalue weighted by Gasteiger charge is -2.28. The van der Waals surface area contributed by atoms with Gasteiger partial charge < -0.3 is 19.5 Å². The Morgan fingerprint density at radius 3 is 2.78 bits per heavy atom. The lowest BCUT2D eigenvalue weighted by atomic mass is 9.77. The summed E-state index contributed by atoms with van der Waals surface area (Å²) < 4.78 is 6.83. The van der Waals surface area contributed by atoms with E-state index in [-0.39, 0.29) is 11.9 Å². The van der Waals surface area contributed by atoms with E-state index in [1.54, 1.807) is 11.0 Å². The van der Waals surface area contributed by atoms with E-state index < -0.39 is 29.5 Å². The Bertz CT molecular complexity index is 716. The lowest BCUT2D eigenvalue weighted by molar-refractivity contribution is -0.313. The second kappa shape index (κ2) is 4.92. The second-order valence-corrected chi connectivity index (χ2v) is 7.33. The highest BCUT2D eigenvalue weighted by Crippen LogP contribution is 2.53. The van der Waals surface area contributed by atoms with Crippen LogP contribution < -0.4 is 5.11 Å². The van der Waals surface area contributed by atoms with E-state index in [1.807, 2.05) is 37.3 Å². The fraction of sp³-hybridized carbons (Fsp3) is 0.412. The zero-order chi connectivity index (χ0) is 16.4. The zero-order valence-electron chi connectivity index (χ0n) is 12.4. The molecule has 3 aliphatic rings. The maximum Gasteiger partial charge on any atom is 0.230 e. The zero-order valence-corrected chi connectivity index (χ0v) is 14.0. The van der Waals surface area contributed by atoms with Crippen LogP contribution in [0.2, 0.25) is 0 Å². The molecule has 6 heteroatoms. The number of nitrogens with zero attached hydrogens (tertiary/aromatic N) is 1. The Labute approximate surface area is 142 Å². The van der Waals surface area contributed by atoms with Crippen molar-refractivity contribution in [3.05, 3.63) is 46.5 Å². The molecule has 0 aromatic heterocycles. The van der Waals surface area contributed by atoms with Crippen molar-refractivity contribution in [3.8, 4) is 0 Å². The summed E-state index contributed by atoms with van der Waals surface area (Å²) in [4.78, 5) is 26.1. The summed E-state index contributed by atoms with van der Waals surface area (Å²) in [5.74, 6) is -2.95. The van der Waals surface area contributed by atoms with Crippen LogP contribution in [0.1, 0.15) is 18.5 Å². The molecule has 1 amide bonds. The van der Waals surface area contributed by atoms with Gasteiger partial charge in [0.25, 0.3) is 0 Å². The second-order valence-electron chi connectivity index (χ2n) is 6.41. The first-order valence-corrected chi connectivity index (χ1v) is 8.36. The third kappa shape index (κ3) is 2.01. The van der Waals surface area contributed by atoms with Gasteiger partial charge in [-0.3, -0.25) is 4.79 Å². The molecule has 0 radical (unpaired) electrons. The Balaban J connectivity index is 1.66. The van der Waals surface area contributed by atoms with Crippen LogP contribution in [0, 0.1) is 11.8 Å². The normalized spacial score (nSPS) is 35.7. The highest BCUT2D eigenvalue weighted by Gasteiger charge is 2.65. The smallest absolute Gasteiger partial charge is 0.230 e. The molecule has 0 unspecified atom stereocenters. The average molecular weight is 377 g/mol. The number of halogens is 1. The maximum absolute atomic E-state index is 12.9. The van der Waals surface area contributed by atoms with Crippen molar-refractivity contribution < 1.29 is 19.4 Å². The number of carboxylic acids is 1. The van der Waals surface area contributed by atoms with Crippen molar-refractivity contribution in [1.82, 2.24) is 4.90 Å². The van der Waals surface area contributed by atoms with Gasteiger partial charge in [-0.05, 0) is 24.6 Å². The van der Waals surface area contributed by atoms with Crippen molar-refractivity contribution in [3.63, 3.8) is 0 Å². The topological polar surface area (TPSA) is 69.7 Å². The van der Waals surface area contributed by atoms with Crippen LogP contribution in [-0.4, -0.2) is 35.0 Å². The summed E-state index contributed by atoms with van der Waals surface area (Å²) in [7, 11) is 0. The molecule has 0 saturated carbocycles. The van der Waals surface area contributed by atoms with Gasteiger partial charge in [-0.2, -0.15) is 0 Å². The summed E-state index contributed by atoms with van der Waals surface area (Å²) in [6.45, 7) is 2.33. The van der Waals surface area contributed by atoms with E-state index in [9.17, 15) is 14.7 Å². The van der Waals surface area contributed by atoms with Crippen molar-refractivity contribution >= 4 is 27.8 Å². The quantitative estimate of drug-likeness (QED) is 0.739. The number of carbonyl (C=O) groups excluding carboxylic acids is 2. The van der Waals surface area contributed by atoms with E-state index in [4.69, 9.17) is 4.74 Å². The van der Waals surface area contributed by atoms with Gasteiger partial charge in [0, 0.05) is 16.4 Å². The fourth-order valence-corrected chi connectivity index (χ4v) is 4.31. The van der Waals surface area contributed by atoms with E-state index in [0.29, 0.717) is 6.54 Å². The average Bonchev–Trinajstić information content (AvgIpc) is 3.15. The highest BCUT2D eigenvalue weighted by molar-refractivity contribution is 9.10. The van der Waals surface area contributed by atoms with E-state index in [1.165, 1.54) is 0 Å². The molecule has 2 saturated heterocycles. The Hall–Kier alpha value is -1.66. The molecule has 0 N–H and O–H groups in total. The highest BCUT2D eigenvalue weighted by atomic mass is 79.9. The minimum Gasteiger partial charge on any atom is -0.550 e. The number of likely N-dealkylation sites (tertiary alicyclic amines) is 1. The minimum atomic E-state index is -1.21. The molecular formula is C17H15BrNO4-. The third-order valence-electron chi connectivity index (χ3n) is 5.22. The molecule has 1 aromatic rings. The van der Waals surface area contributed by atoms with Crippen molar-refractivity contribution in [1.29, 1.82) is 0 Å². The van der Waals surface area contributed by atoms with Crippen LogP contribution in [0.5, 0.6) is 0 Å². The summed E-state index contributed by atoms with van der Waals surface area (Å²) in [6.07, 6.45) is 3.06. The number of carboxylic acid groups (broad SMARTS) is 1. The van der Waals surface area contributed by atoms with Crippen LogP contribution >= 0.6 is 15.9 Å². The molecular weight excluding hydrogens is 362 g/mol. The van der Waals surface area contributed by atoms with E-state index in [0.717, 1.165) is 10.0 Å². The molecule has 0 aliphatic carbocycles. The first-order chi connectivity index (χ1) is 10.9. The molecule has 120 valence electrons. The predicted molar refractivity (Wildman–Crippen MR) is 83.0 cm³/mol. The number of hydrogen-bond donors (Lipinski definition) is 0. The largest absolute Gasteiger partial charge is 0.550 e. The van der Waals surface area contributed by atoms with E-state index in [2.05, 4.69) is 15.9 Å². The molecule has 2 fully saturated rings. The maximum atomic E-state index is 12.9.